The zero-order valence-electron chi connectivity index (χ0n) is 29.7. The smallest absolute Gasteiger partial charge is 0.243 e. The van der Waals surface area contributed by atoms with E-state index in [4.69, 9.17) is 28.4 Å². The monoisotopic (exact) mass is 712 g/mol. The Bertz CT molecular complexity index is 1590. The highest BCUT2D eigenvalue weighted by atomic mass is 32.2. The lowest BCUT2D eigenvalue weighted by molar-refractivity contribution is -0.0997. The Balaban J connectivity index is 1.46. The van der Waals surface area contributed by atoms with Crippen LogP contribution in [0.1, 0.15) is 34.6 Å². The Labute approximate surface area is 297 Å². The van der Waals surface area contributed by atoms with E-state index in [9.17, 15) is 13.5 Å². The van der Waals surface area contributed by atoms with Crippen LogP contribution in [0.3, 0.4) is 0 Å². The number of fused-ring (bicyclic) bond motifs is 1. The summed E-state index contributed by atoms with van der Waals surface area (Å²) in [6.07, 6.45) is -0.374. The molecule has 0 unspecified atom stereocenters. The van der Waals surface area contributed by atoms with Crippen molar-refractivity contribution >= 4 is 15.7 Å². The first-order chi connectivity index (χ1) is 24.2. The van der Waals surface area contributed by atoms with E-state index in [1.54, 1.807) is 38.5 Å². The molecule has 0 amide bonds. The number of sulfonamides is 1. The molecule has 3 aromatic rings. The Morgan fingerprint density at radius 2 is 1.56 bits per heavy atom. The third kappa shape index (κ3) is 9.83. The van der Waals surface area contributed by atoms with E-state index in [1.165, 1.54) is 11.4 Å². The van der Waals surface area contributed by atoms with Gasteiger partial charge < -0.3 is 38.4 Å². The fraction of sp³-hybridized carbons (Fsp3) is 0.526. The maximum atomic E-state index is 14.1. The van der Waals surface area contributed by atoms with Gasteiger partial charge in [-0.3, -0.25) is 0 Å². The molecule has 1 N–H and O–H groups in total. The Morgan fingerprint density at radius 3 is 2.26 bits per heavy atom. The van der Waals surface area contributed by atoms with Gasteiger partial charge in [0.25, 0.3) is 0 Å². The summed E-state index contributed by atoms with van der Waals surface area (Å²) in [4.78, 5) is 2.52. The van der Waals surface area contributed by atoms with Crippen LogP contribution in [0, 0.1) is 6.92 Å². The van der Waals surface area contributed by atoms with E-state index in [2.05, 4.69) is 35.2 Å². The van der Waals surface area contributed by atoms with Gasteiger partial charge in [0.15, 0.2) is 0 Å². The number of hydrogen-bond donors (Lipinski definition) is 1. The minimum absolute atomic E-state index is 0.0181. The average molecular weight is 713 g/mol. The van der Waals surface area contributed by atoms with Crippen molar-refractivity contribution in [2.45, 2.75) is 55.5 Å². The van der Waals surface area contributed by atoms with E-state index >= 15 is 0 Å². The summed E-state index contributed by atoms with van der Waals surface area (Å²) in [6, 6.07) is 21.2. The molecule has 5 rings (SSSR count). The van der Waals surface area contributed by atoms with Crippen molar-refractivity contribution in [1.82, 2.24) is 4.31 Å². The molecule has 50 heavy (non-hydrogen) atoms. The van der Waals surface area contributed by atoms with E-state index in [1.807, 2.05) is 19.1 Å². The van der Waals surface area contributed by atoms with Gasteiger partial charge in [0.2, 0.25) is 10.0 Å². The molecule has 274 valence electrons. The molecule has 0 bridgehead atoms. The number of methoxy groups -OCH3 is 3. The number of piperidine rings is 1. The van der Waals surface area contributed by atoms with Gasteiger partial charge in [-0.2, -0.15) is 4.31 Å². The van der Waals surface area contributed by atoms with Gasteiger partial charge in [0.05, 0.1) is 55.8 Å². The van der Waals surface area contributed by atoms with E-state index < -0.39 is 28.3 Å². The SMILES string of the molecule is COCCCN1CCOc2ccc(CO[C@H]3CN(S(=O)(=O)c4ccc(C)cc4)C[C@@H](OC[C@H](O)COC)[C@@H]3c3ccc(CCOC)cc3)cc21. The first-order valence-corrected chi connectivity index (χ1v) is 18.7. The molecule has 0 spiro atoms. The third-order valence-electron chi connectivity index (χ3n) is 9.27. The van der Waals surface area contributed by atoms with Gasteiger partial charge in [-0.1, -0.05) is 48.0 Å². The number of rotatable bonds is 18. The van der Waals surface area contributed by atoms with Crippen LogP contribution in [-0.4, -0.2) is 117 Å². The van der Waals surface area contributed by atoms with Crippen molar-refractivity contribution in [2.75, 3.05) is 85.4 Å². The van der Waals surface area contributed by atoms with Crippen LogP contribution in [0.25, 0.3) is 0 Å². The maximum absolute atomic E-state index is 14.1. The van der Waals surface area contributed by atoms with Gasteiger partial charge in [-0.25, -0.2) is 8.42 Å². The van der Waals surface area contributed by atoms with Crippen molar-refractivity contribution < 1.29 is 41.9 Å². The van der Waals surface area contributed by atoms with Gasteiger partial charge in [0, 0.05) is 53.5 Å². The van der Waals surface area contributed by atoms with Crippen LogP contribution in [0.15, 0.2) is 71.6 Å². The minimum Gasteiger partial charge on any atom is -0.490 e. The minimum atomic E-state index is -3.89. The predicted octanol–water partition coefficient (Wildman–Crippen LogP) is 4.19. The van der Waals surface area contributed by atoms with Gasteiger partial charge in [-0.15, -0.1) is 0 Å². The molecule has 0 saturated carbocycles. The Morgan fingerprint density at radius 1 is 0.860 bits per heavy atom. The molecule has 2 heterocycles. The molecule has 2 aliphatic rings. The molecular weight excluding hydrogens is 660 g/mol. The molecular formula is C38H52N2O9S. The molecule has 12 heteroatoms. The maximum Gasteiger partial charge on any atom is 0.243 e. The lowest BCUT2D eigenvalue weighted by atomic mass is 9.84. The number of aryl methyl sites for hydroxylation is 1. The number of nitrogens with zero attached hydrogens (tertiary/aromatic N) is 2. The number of ether oxygens (including phenoxy) is 6. The number of aliphatic hydroxyl groups excluding tert-OH is 1. The summed E-state index contributed by atoms with van der Waals surface area (Å²) in [5, 5.41) is 10.5. The lowest BCUT2D eigenvalue weighted by Gasteiger charge is -2.43. The normalized spacial score (nSPS) is 20.3. The standard InChI is InChI=1S/C38H52N2O9S/c1-28-6-13-33(14-7-28)50(42,43)40-23-36(48-25-30-10-15-35-34(22-30)39(18-21-47-35)17-5-19-44-2)38(37(24-40)49-27-32(41)26-46-4)31-11-8-29(9-12-31)16-20-45-3/h6-15,22,32,36-38,41H,5,16-21,23-27H2,1-4H3/t32-,36+,37-,38-/m1/s1. The topological polar surface area (TPSA) is 116 Å². The molecule has 0 aliphatic carbocycles. The van der Waals surface area contributed by atoms with Crippen molar-refractivity contribution in [3.8, 4) is 5.75 Å². The van der Waals surface area contributed by atoms with E-state index in [-0.39, 0.29) is 43.7 Å². The van der Waals surface area contributed by atoms with Gasteiger partial charge in [0.1, 0.15) is 18.5 Å². The van der Waals surface area contributed by atoms with Crippen molar-refractivity contribution in [2.24, 2.45) is 0 Å². The molecule has 4 atom stereocenters. The van der Waals surface area contributed by atoms with Gasteiger partial charge >= 0.3 is 0 Å². The Kier molecular flexibility index (Phi) is 14.1. The van der Waals surface area contributed by atoms with Crippen LogP contribution in [0.2, 0.25) is 0 Å². The van der Waals surface area contributed by atoms with E-state index in [0.29, 0.717) is 19.8 Å². The van der Waals surface area contributed by atoms with Crippen LogP contribution in [-0.2, 0) is 46.7 Å². The molecule has 1 saturated heterocycles. The highest BCUT2D eigenvalue weighted by Gasteiger charge is 2.44. The summed E-state index contributed by atoms with van der Waals surface area (Å²) in [5.41, 5.74) is 5.03. The number of aliphatic hydroxyl groups is 1. The van der Waals surface area contributed by atoms with Crippen molar-refractivity contribution in [3.05, 3.63) is 89.0 Å². The Hall–Kier alpha value is -3.07. The zero-order valence-corrected chi connectivity index (χ0v) is 30.5. The fourth-order valence-corrected chi connectivity index (χ4v) is 8.05. The molecule has 0 aromatic heterocycles. The summed E-state index contributed by atoms with van der Waals surface area (Å²) in [5.74, 6) is 0.511. The third-order valence-corrected chi connectivity index (χ3v) is 11.1. The summed E-state index contributed by atoms with van der Waals surface area (Å²) in [6.45, 7) is 6.02. The largest absolute Gasteiger partial charge is 0.490 e. The number of anilines is 1. The average Bonchev–Trinajstić information content (AvgIpc) is 3.12. The quantitative estimate of drug-likeness (QED) is 0.193. The van der Waals surface area contributed by atoms with Crippen LogP contribution in [0.4, 0.5) is 5.69 Å². The molecule has 1 fully saturated rings. The van der Waals surface area contributed by atoms with Gasteiger partial charge in [-0.05, 0) is 60.7 Å². The first-order valence-electron chi connectivity index (χ1n) is 17.3. The van der Waals surface area contributed by atoms with Crippen molar-refractivity contribution in [3.63, 3.8) is 0 Å². The lowest BCUT2D eigenvalue weighted by Crippen LogP contribution is -2.54. The number of hydrogen-bond acceptors (Lipinski definition) is 10. The van der Waals surface area contributed by atoms with E-state index in [0.717, 1.165) is 59.6 Å². The summed E-state index contributed by atoms with van der Waals surface area (Å²) < 4.78 is 64.4. The predicted molar refractivity (Wildman–Crippen MR) is 192 cm³/mol. The first kappa shape index (κ1) is 38.2. The highest BCUT2D eigenvalue weighted by molar-refractivity contribution is 7.89. The zero-order chi connectivity index (χ0) is 35.5. The second kappa shape index (κ2) is 18.4. The van der Waals surface area contributed by atoms with Crippen molar-refractivity contribution in [1.29, 1.82) is 0 Å². The molecule has 2 aliphatic heterocycles. The highest BCUT2D eigenvalue weighted by Crippen LogP contribution is 2.37. The molecule has 3 aromatic carbocycles. The van der Waals surface area contributed by atoms with Crippen LogP contribution < -0.4 is 9.64 Å². The van der Waals surface area contributed by atoms with Crippen LogP contribution >= 0.6 is 0 Å². The second-order valence-electron chi connectivity index (χ2n) is 13.0. The second-order valence-corrected chi connectivity index (χ2v) is 14.9. The summed E-state index contributed by atoms with van der Waals surface area (Å²) >= 11 is 0. The molecule has 11 nitrogen and oxygen atoms in total. The summed E-state index contributed by atoms with van der Waals surface area (Å²) in [7, 11) is 1.02. The number of benzene rings is 3. The fourth-order valence-electron chi connectivity index (χ4n) is 6.59. The van der Waals surface area contributed by atoms with Crippen LogP contribution in [0.5, 0.6) is 5.75 Å². The molecule has 0 radical (unpaired) electrons.